The van der Waals surface area contributed by atoms with E-state index < -0.39 is 6.04 Å². The summed E-state index contributed by atoms with van der Waals surface area (Å²) in [6.45, 7) is 3.46. The van der Waals surface area contributed by atoms with E-state index in [2.05, 4.69) is 9.64 Å². The van der Waals surface area contributed by atoms with Crippen LogP contribution in [0.25, 0.3) is 0 Å². The van der Waals surface area contributed by atoms with Gasteiger partial charge in [-0.2, -0.15) is 0 Å². The van der Waals surface area contributed by atoms with Crippen molar-refractivity contribution < 1.29 is 9.53 Å². The van der Waals surface area contributed by atoms with Crippen molar-refractivity contribution in [3.05, 3.63) is 0 Å². The minimum absolute atomic E-state index is 0.300. The Morgan fingerprint density at radius 3 is 2.71 bits per heavy atom. The summed E-state index contributed by atoms with van der Waals surface area (Å²) in [5.41, 5.74) is 5.62. The molecule has 0 bridgehead atoms. The Bertz CT molecular complexity index is 179. The van der Waals surface area contributed by atoms with E-state index in [1.165, 1.54) is 33.0 Å². The van der Waals surface area contributed by atoms with Gasteiger partial charge in [-0.3, -0.25) is 4.79 Å². The molecule has 0 aromatic heterocycles. The summed E-state index contributed by atoms with van der Waals surface area (Å²) in [5.74, 6) is -0.300. The van der Waals surface area contributed by atoms with Gasteiger partial charge in [0.15, 0.2) is 0 Å². The van der Waals surface area contributed by atoms with Crippen molar-refractivity contribution >= 4 is 5.97 Å². The topological polar surface area (TPSA) is 55.6 Å². The Morgan fingerprint density at radius 1 is 1.50 bits per heavy atom. The van der Waals surface area contributed by atoms with Crippen molar-refractivity contribution in [3.8, 4) is 0 Å². The molecule has 4 heteroatoms. The number of hydrogen-bond donors (Lipinski definition) is 1. The highest BCUT2D eigenvalue weighted by atomic mass is 16.5. The summed E-state index contributed by atoms with van der Waals surface area (Å²) in [5, 5.41) is 0. The fourth-order valence-electron chi connectivity index (χ4n) is 1.81. The van der Waals surface area contributed by atoms with Crippen molar-refractivity contribution in [2.45, 2.75) is 31.7 Å². The zero-order valence-corrected chi connectivity index (χ0v) is 8.87. The van der Waals surface area contributed by atoms with Crippen molar-refractivity contribution in [3.63, 3.8) is 0 Å². The third-order valence-corrected chi connectivity index (χ3v) is 2.69. The van der Waals surface area contributed by atoms with E-state index in [-0.39, 0.29) is 5.97 Å². The maximum atomic E-state index is 11.0. The van der Waals surface area contributed by atoms with E-state index in [0.29, 0.717) is 0 Å². The molecule has 4 nitrogen and oxygen atoms in total. The Balaban J connectivity index is 2.05. The monoisotopic (exact) mass is 200 g/mol. The van der Waals surface area contributed by atoms with E-state index in [4.69, 9.17) is 5.73 Å². The van der Waals surface area contributed by atoms with Gasteiger partial charge in [0.25, 0.3) is 0 Å². The average Bonchev–Trinajstić information content (AvgIpc) is 2.69. The number of nitrogens with zero attached hydrogens (tertiary/aromatic N) is 1. The second-order valence-corrected chi connectivity index (χ2v) is 3.82. The van der Waals surface area contributed by atoms with Gasteiger partial charge in [0.2, 0.25) is 0 Å². The molecule has 2 N–H and O–H groups in total. The smallest absolute Gasteiger partial charge is 0.322 e. The molecule has 0 saturated carbocycles. The lowest BCUT2D eigenvalue weighted by atomic mass is 10.1. The first-order valence-electron chi connectivity index (χ1n) is 5.30. The first kappa shape index (κ1) is 11.5. The Kier molecular flexibility index (Phi) is 4.90. The maximum absolute atomic E-state index is 11.0. The molecule has 1 fully saturated rings. The first-order chi connectivity index (χ1) is 6.74. The van der Waals surface area contributed by atoms with Crippen LogP contribution in [-0.2, 0) is 9.53 Å². The lowest BCUT2D eigenvalue weighted by molar-refractivity contribution is -0.142. The Hall–Kier alpha value is -0.610. The van der Waals surface area contributed by atoms with E-state index in [9.17, 15) is 4.79 Å². The van der Waals surface area contributed by atoms with Crippen LogP contribution in [0.3, 0.4) is 0 Å². The molecule has 82 valence electrons. The molecule has 1 heterocycles. The number of esters is 1. The zero-order valence-electron chi connectivity index (χ0n) is 8.87. The van der Waals surface area contributed by atoms with Crippen LogP contribution in [0.4, 0.5) is 0 Å². The van der Waals surface area contributed by atoms with Crippen LogP contribution in [0.1, 0.15) is 25.7 Å². The fourth-order valence-corrected chi connectivity index (χ4v) is 1.81. The van der Waals surface area contributed by atoms with Gasteiger partial charge in [0.05, 0.1) is 7.11 Å². The molecule has 1 aliphatic heterocycles. The van der Waals surface area contributed by atoms with E-state index in [1.807, 2.05) is 0 Å². The highest BCUT2D eigenvalue weighted by Gasteiger charge is 2.15. The van der Waals surface area contributed by atoms with Gasteiger partial charge < -0.3 is 15.4 Å². The summed E-state index contributed by atoms with van der Waals surface area (Å²) in [6, 6.07) is -0.442. The minimum Gasteiger partial charge on any atom is -0.468 e. The van der Waals surface area contributed by atoms with Gasteiger partial charge in [0, 0.05) is 0 Å². The summed E-state index contributed by atoms with van der Waals surface area (Å²) < 4.78 is 4.56. The standard InChI is InChI=1S/C10H20N2O2/c1-14-10(13)9(11)5-4-8-12-6-2-3-7-12/h9H,2-8,11H2,1H3. The van der Waals surface area contributed by atoms with Gasteiger partial charge in [-0.15, -0.1) is 0 Å². The third-order valence-electron chi connectivity index (χ3n) is 2.69. The quantitative estimate of drug-likeness (QED) is 0.651. The molecular weight excluding hydrogens is 180 g/mol. The molecule has 1 atom stereocenters. The van der Waals surface area contributed by atoms with Crippen molar-refractivity contribution in [2.24, 2.45) is 5.73 Å². The Labute approximate surface area is 85.4 Å². The van der Waals surface area contributed by atoms with E-state index in [0.717, 1.165) is 19.4 Å². The number of hydrogen-bond acceptors (Lipinski definition) is 4. The van der Waals surface area contributed by atoms with Gasteiger partial charge >= 0.3 is 5.97 Å². The van der Waals surface area contributed by atoms with Crippen LogP contribution in [-0.4, -0.2) is 43.7 Å². The average molecular weight is 200 g/mol. The molecule has 0 aromatic carbocycles. The lowest BCUT2D eigenvalue weighted by Crippen LogP contribution is -2.32. The number of likely N-dealkylation sites (tertiary alicyclic amines) is 1. The van der Waals surface area contributed by atoms with Crippen LogP contribution >= 0.6 is 0 Å². The van der Waals surface area contributed by atoms with E-state index in [1.54, 1.807) is 0 Å². The number of carbonyl (C=O) groups excluding carboxylic acids is 1. The summed E-state index contributed by atoms with van der Waals surface area (Å²) >= 11 is 0. The predicted octanol–water partition coefficient (Wildman–Crippen LogP) is 0.363. The molecule has 0 aromatic rings. The number of rotatable bonds is 5. The molecule has 14 heavy (non-hydrogen) atoms. The maximum Gasteiger partial charge on any atom is 0.322 e. The van der Waals surface area contributed by atoms with Gasteiger partial charge in [0.1, 0.15) is 6.04 Å². The summed E-state index contributed by atoms with van der Waals surface area (Å²) in [6.07, 6.45) is 4.32. The second-order valence-electron chi connectivity index (χ2n) is 3.82. The van der Waals surface area contributed by atoms with E-state index >= 15 is 0 Å². The van der Waals surface area contributed by atoms with Crippen LogP contribution < -0.4 is 5.73 Å². The highest BCUT2D eigenvalue weighted by Crippen LogP contribution is 2.08. The predicted molar refractivity (Wildman–Crippen MR) is 54.9 cm³/mol. The second kappa shape index (κ2) is 5.98. The number of ether oxygens (including phenoxy) is 1. The molecule has 1 aliphatic rings. The minimum atomic E-state index is -0.442. The largest absolute Gasteiger partial charge is 0.468 e. The molecule has 1 rings (SSSR count). The molecule has 0 aliphatic carbocycles. The number of carbonyl (C=O) groups is 1. The highest BCUT2D eigenvalue weighted by molar-refractivity contribution is 5.75. The molecule has 0 radical (unpaired) electrons. The zero-order chi connectivity index (χ0) is 10.4. The van der Waals surface area contributed by atoms with Crippen LogP contribution in [0.2, 0.25) is 0 Å². The number of methoxy groups -OCH3 is 1. The molecule has 1 saturated heterocycles. The summed E-state index contributed by atoms with van der Waals surface area (Å²) in [4.78, 5) is 13.4. The van der Waals surface area contributed by atoms with Crippen LogP contribution in [0.5, 0.6) is 0 Å². The van der Waals surface area contributed by atoms with Gasteiger partial charge in [-0.05, 0) is 45.3 Å². The fraction of sp³-hybridized carbons (Fsp3) is 0.900. The molecule has 1 unspecified atom stereocenters. The van der Waals surface area contributed by atoms with Crippen molar-refractivity contribution in [1.82, 2.24) is 4.90 Å². The van der Waals surface area contributed by atoms with Gasteiger partial charge in [-0.25, -0.2) is 0 Å². The molecule has 0 spiro atoms. The molecular formula is C10H20N2O2. The van der Waals surface area contributed by atoms with Crippen LogP contribution in [0.15, 0.2) is 0 Å². The van der Waals surface area contributed by atoms with Crippen LogP contribution in [0, 0.1) is 0 Å². The SMILES string of the molecule is COC(=O)C(N)CCCN1CCCC1. The molecule has 0 amide bonds. The lowest BCUT2D eigenvalue weighted by Gasteiger charge is -2.15. The normalized spacial score (nSPS) is 19.6. The Morgan fingerprint density at radius 2 is 2.14 bits per heavy atom. The third kappa shape index (κ3) is 3.64. The first-order valence-corrected chi connectivity index (χ1v) is 5.30. The van der Waals surface area contributed by atoms with Crippen molar-refractivity contribution in [1.29, 1.82) is 0 Å². The summed E-state index contributed by atoms with van der Waals surface area (Å²) in [7, 11) is 1.38. The van der Waals surface area contributed by atoms with Gasteiger partial charge in [-0.1, -0.05) is 0 Å². The van der Waals surface area contributed by atoms with Crippen molar-refractivity contribution in [2.75, 3.05) is 26.7 Å². The number of nitrogens with two attached hydrogens (primary N) is 1.